The van der Waals surface area contributed by atoms with Gasteiger partial charge in [0.25, 0.3) is 5.91 Å². The van der Waals surface area contributed by atoms with E-state index in [1.807, 2.05) is 31.2 Å². The summed E-state index contributed by atoms with van der Waals surface area (Å²) in [6.07, 6.45) is 1.21. The number of para-hydroxylation sites is 2. The van der Waals surface area contributed by atoms with E-state index in [0.717, 1.165) is 4.90 Å². The van der Waals surface area contributed by atoms with Crippen LogP contribution in [-0.2, 0) is 15.1 Å². The topological polar surface area (TPSA) is 101 Å². The Morgan fingerprint density at radius 2 is 1.97 bits per heavy atom. The molecule has 0 bridgehead atoms. The number of carbonyl (C=O) groups excluding carboxylic acids is 3. The number of aromatic nitrogens is 1. The van der Waals surface area contributed by atoms with Crippen molar-refractivity contribution in [3.05, 3.63) is 54.4 Å². The zero-order valence-corrected chi connectivity index (χ0v) is 17.4. The Balaban J connectivity index is 1.42. The number of ether oxygens (including phenoxy) is 2. The molecule has 0 spiro atoms. The van der Waals surface area contributed by atoms with Gasteiger partial charge in [0.15, 0.2) is 23.1 Å². The number of pyridine rings is 1. The number of rotatable bonds is 6. The first-order valence-corrected chi connectivity index (χ1v) is 10.1. The van der Waals surface area contributed by atoms with Gasteiger partial charge in [-0.15, -0.1) is 0 Å². The Labute approximate surface area is 179 Å². The third kappa shape index (κ3) is 3.90. The maximum absolute atomic E-state index is 13.0. The lowest BCUT2D eigenvalue weighted by molar-refractivity contribution is -0.139. The SMILES string of the molecule is CCN(CC1COc2ccccc2O1)C(=O)CN1C(=O)NC(C)(c2ccccn2)C1=O. The monoisotopic (exact) mass is 424 g/mol. The van der Waals surface area contributed by atoms with E-state index in [2.05, 4.69) is 10.3 Å². The van der Waals surface area contributed by atoms with Gasteiger partial charge in [0, 0.05) is 12.7 Å². The first kappa shape index (κ1) is 20.6. The molecule has 2 aliphatic heterocycles. The molecular formula is C22H24N4O5. The fourth-order valence-corrected chi connectivity index (χ4v) is 3.71. The number of nitrogens with zero attached hydrogens (tertiary/aromatic N) is 3. The van der Waals surface area contributed by atoms with E-state index in [1.54, 1.807) is 36.2 Å². The summed E-state index contributed by atoms with van der Waals surface area (Å²) in [6, 6.07) is 11.9. The van der Waals surface area contributed by atoms with Crippen molar-refractivity contribution in [2.24, 2.45) is 0 Å². The molecule has 1 saturated heterocycles. The summed E-state index contributed by atoms with van der Waals surface area (Å²) >= 11 is 0. The van der Waals surface area contributed by atoms with E-state index >= 15 is 0 Å². The number of nitrogens with one attached hydrogen (secondary N) is 1. The van der Waals surface area contributed by atoms with Crippen LogP contribution >= 0.6 is 0 Å². The smallest absolute Gasteiger partial charge is 0.325 e. The molecule has 4 rings (SSSR count). The van der Waals surface area contributed by atoms with Gasteiger partial charge in [-0.1, -0.05) is 18.2 Å². The average Bonchev–Trinajstić information content (AvgIpc) is 3.01. The molecule has 1 aromatic heterocycles. The molecule has 9 heteroatoms. The third-order valence-electron chi connectivity index (χ3n) is 5.47. The van der Waals surface area contributed by atoms with Gasteiger partial charge in [0.1, 0.15) is 13.2 Å². The highest BCUT2D eigenvalue weighted by molar-refractivity contribution is 6.08. The summed E-state index contributed by atoms with van der Waals surface area (Å²) in [5.41, 5.74) is -0.887. The highest BCUT2D eigenvalue weighted by Gasteiger charge is 2.50. The van der Waals surface area contributed by atoms with Crippen LogP contribution in [0.1, 0.15) is 19.5 Å². The van der Waals surface area contributed by atoms with Crippen LogP contribution in [0, 0.1) is 0 Å². The molecule has 2 unspecified atom stereocenters. The molecule has 0 saturated carbocycles. The lowest BCUT2D eigenvalue weighted by Crippen LogP contribution is -2.48. The molecule has 31 heavy (non-hydrogen) atoms. The van der Waals surface area contributed by atoms with Crippen LogP contribution in [0.2, 0.25) is 0 Å². The first-order valence-electron chi connectivity index (χ1n) is 10.1. The van der Waals surface area contributed by atoms with Gasteiger partial charge in [-0.3, -0.25) is 19.5 Å². The molecule has 3 heterocycles. The zero-order valence-electron chi connectivity index (χ0n) is 17.4. The molecule has 162 valence electrons. The minimum atomic E-state index is -1.31. The molecule has 1 fully saturated rings. The fraction of sp³-hybridized carbons (Fsp3) is 0.364. The van der Waals surface area contributed by atoms with E-state index in [4.69, 9.17) is 9.47 Å². The van der Waals surface area contributed by atoms with E-state index in [-0.39, 0.29) is 25.1 Å². The molecule has 1 aromatic carbocycles. The van der Waals surface area contributed by atoms with E-state index in [0.29, 0.717) is 30.3 Å². The quantitative estimate of drug-likeness (QED) is 0.706. The Morgan fingerprint density at radius 1 is 1.23 bits per heavy atom. The van der Waals surface area contributed by atoms with E-state index < -0.39 is 17.5 Å². The molecular weight excluding hydrogens is 400 g/mol. The minimum Gasteiger partial charge on any atom is -0.486 e. The Morgan fingerprint density at radius 3 is 2.68 bits per heavy atom. The van der Waals surface area contributed by atoms with Gasteiger partial charge in [0.05, 0.1) is 12.2 Å². The Kier molecular flexibility index (Phi) is 5.50. The van der Waals surface area contributed by atoms with Crippen LogP contribution in [-0.4, -0.2) is 65.0 Å². The van der Waals surface area contributed by atoms with Gasteiger partial charge in [-0.2, -0.15) is 0 Å². The molecule has 2 aliphatic rings. The predicted octanol–water partition coefficient (Wildman–Crippen LogP) is 1.54. The zero-order chi connectivity index (χ0) is 22.0. The molecule has 9 nitrogen and oxygen atoms in total. The molecule has 2 atom stereocenters. The maximum Gasteiger partial charge on any atom is 0.325 e. The van der Waals surface area contributed by atoms with Crippen molar-refractivity contribution in [1.29, 1.82) is 0 Å². The van der Waals surface area contributed by atoms with Gasteiger partial charge < -0.3 is 19.7 Å². The lowest BCUT2D eigenvalue weighted by atomic mass is 9.97. The maximum atomic E-state index is 13.0. The van der Waals surface area contributed by atoms with Crippen molar-refractivity contribution in [3.8, 4) is 11.5 Å². The molecule has 0 radical (unpaired) electrons. The third-order valence-corrected chi connectivity index (χ3v) is 5.47. The van der Waals surface area contributed by atoms with Crippen molar-refractivity contribution in [2.45, 2.75) is 25.5 Å². The summed E-state index contributed by atoms with van der Waals surface area (Å²) in [7, 11) is 0. The summed E-state index contributed by atoms with van der Waals surface area (Å²) in [6.45, 7) is 4.06. The largest absolute Gasteiger partial charge is 0.486 e. The number of amides is 4. The number of benzene rings is 1. The number of hydrogen-bond acceptors (Lipinski definition) is 6. The number of hydrogen-bond donors (Lipinski definition) is 1. The fourth-order valence-electron chi connectivity index (χ4n) is 3.71. The van der Waals surface area contributed by atoms with E-state index in [1.165, 1.54) is 0 Å². The second kappa shape index (κ2) is 8.25. The van der Waals surface area contributed by atoms with Crippen molar-refractivity contribution < 1.29 is 23.9 Å². The van der Waals surface area contributed by atoms with Gasteiger partial charge >= 0.3 is 6.03 Å². The van der Waals surface area contributed by atoms with Crippen molar-refractivity contribution in [3.63, 3.8) is 0 Å². The van der Waals surface area contributed by atoms with Crippen LogP contribution in [0.25, 0.3) is 0 Å². The number of carbonyl (C=O) groups is 3. The number of likely N-dealkylation sites (N-methyl/N-ethyl adjacent to an activating group) is 1. The van der Waals surface area contributed by atoms with Crippen molar-refractivity contribution in [2.75, 3.05) is 26.2 Å². The van der Waals surface area contributed by atoms with Gasteiger partial charge in [-0.05, 0) is 38.1 Å². The normalized spacial score (nSPS) is 22.3. The van der Waals surface area contributed by atoms with Crippen molar-refractivity contribution in [1.82, 2.24) is 20.1 Å². The second-order valence-corrected chi connectivity index (χ2v) is 7.59. The highest BCUT2D eigenvalue weighted by atomic mass is 16.6. The van der Waals surface area contributed by atoms with Crippen LogP contribution in [0.3, 0.4) is 0 Å². The number of urea groups is 1. The molecule has 4 amide bonds. The van der Waals surface area contributed by atoms with Crippen LogP contribution in [0.5, 0.6) is 11.5 Å². The Bertz CT molecular complexity index is 998. The summed E-state index contributed by atoms with van der Waals surface area (Å²) in [5, 5.41) is 2.66. The van der Waals surface area contributed by atoms with Crippen molar-refractivity contribution >= 4 is 17.8 Å². The number of fused-ring (bicyclic) bond motifs is 1. The second-order valence-electron chi connectivity index (χ2n) is 7.59. The van der Waals surface area contributed by atoms with Crippen LogP contribution in [0.15, 0.2) is 48.7 Å². The van der Waals surface area contributed by atoms with Crippen LogP contribution < -0.4 is 14.8 Å². The summed E-state index contributed by atoms with van der Waals surface area (Å²) in [5.74, 6) is 0.439. The standard InChI is InChI=1S/C22H24N4O5/c1-3-25(12-15-14-30-16-8-4-5-9-17(16)31-15)19(27)13-26-20(28)22(2,24-21(26)29)18-10-6-7-11-23-18/h4-11,15H,3,12-14H2,1-2H3,(H,24,29). The van der Waals surface area contributed by atoms with Crippen LogP contribution in [0.4, 0.5) is 4.79 Å². The van der Waals surface area contributed by atoms with E-state index in [9.17, 15) is 14.4 Å². The highest BCUT2D eigenvalue weighted by Crippen LogP contribution is 2.31. The number of imide groups is 1. The molecule has 0 aliphatic carbocycles. The Hall–Kier alpha value is -3.62. The summed E-state index contributed by atoms with van der Waals surface area (Å²) < 4.78 is 11.6. The predicted molar refractivity (Wildman–Crippen MR) is 110 cm³/mol. The summed E-state index contributed by atoms with van der Waals surface area (Å²) in [4.78, 5) is 45.1. The first-order chi connectivity index (χ1) is 14.9. The van der Waals surface area contributed by atoms with Gasteiger partial charge in [-0.25, -0.2) is 4.79 Å². The molecule has 2 aromatic rings. The molecule has 1 N–H and O–H groups in total. The average molecular weight is 424 g/mol. The minimum absolute atomic E-state index is 0.283. The lowest BCUT2D eigenvalue weighted by Gasteiger charge is -2.31. The van der Waals surface area contributed by atoms with Gasteiger partial charge in [0.2, 0.25) is 5.91 Å².